The molecule has 70 valence electrons. The van der Waals surface area contributed by atoms with E-state index in [0.29, 0.717) is 5.92 Å². The second kappa shape index (κ2) is 3.77. The highest BCUT2D eigenvalue weighted by atomic mass is 15.2. The standard InChI is InChI=1S/C10H15N3/c11-13-10-3-1-8(2-4-10)9-5-6-12-7-9/h1-4,9,12-13H,5-7,11H2. The van der Waals surface area contributed by atoms with E-state index < -0.39 is 0 Å². The van der Waals surface area contributed by atoms with Gasteiger partial charge < -0.3 is 10.7 Å². The maximum Gasteiger partial charge on any atom is 0.0485 e. The van der Waals surface area contributed by atoms with Gasteiger partial charge in [0.15, 0.2) is 0 Å². The Balaban J connectivity index is 2.12. The number of hydrogen-bond acceptors (Lipinski definition) is 3. The molecule has 1 aliphatic heterocycles. The summed E-state index contributed by atoms with van der Waals surface area (Å²) in [7, 11) is 0. The van der Waals surface area contributed by atoms with E-state index in [1.165, 1.54) is 12.0 Å². The van der Waals surface area contributed by atoms with Gasteiger partial charge in [-0.2, -0.15) is 0 Å². The molecule has 4 N–H and O–H groups in total. The SMILES string of the molecule is NNc1ccc(C2CCNC2)cc1. The van der Waals surface area contributed by atoms with Gasteiger partial charge in [-0.15, -0.1) is 0 Å². The Labute approximate surface area is 78.3 Å². The lowest BCUT2D eigenvalue weighted by molar-refractivity contribution is 0.763. The molecule has 0 radical (unpaired) electrons. The van der Waals surface area contributed by atoms with Gasteiger partial charge in [-0.1, -0.05) is 12.1 Å². The minimum absolute atomic E-state index is 0.687. The van der Waals surface area contributed by atoms with Crippen LogP contribution in [0, 0.1) is 0 Å². The second-order valence-corrected chi connectivity index (χ2v) is 3.46. The van der Waals surface area contributed by atoms with Crippen molar-refractivity contribution in [2.45, 2.75) is 12.3 Å². The molecule has 2 rings (SSSR count). The average Bonchev–Trinajstić information content (AvgIpc) is 2.71. The van der Waals surface area contributed by atoms with Crippen LogP contribution in [-0.4, -0.2) is 13.1 Å². The van der Waals surface area contributed by atoms with E-state index in [2.05, 4.69) is 22.9 Å². The number of anilines is 1. The highest BCUT2D eigenvalue weighted by Crippen LogP contribution is 2.23. The molecule has 1 saturated heterocycles. The fourth-order valence-electron chi connectivity index (χ4n) is 1.79. The van der Waals surface area contributed by atoms with E-state index in [-0.39, 0.29) is 0 Å². The van der Waals surface area contributed by atoms with Gasteiger partial charge in [-0.3, -0.25) is 5.84 Å². The Morgan fingerprint density at radius 1 is 1.31 bits per heavy atom. The van der Waals surface area contributed by atoms with Gasteiger partial charge in [0, 0.05) is 12.2 Å². The number of nitrogens with one attached hydrogen (secondary N) is 2. The monoisotopic (exact) mass is 177 g/mol. The molecule has 1 aliphatic rings. The Bertz CT molecular complexity index is 262. The van der Waals surface area contributed by atoms with E-state index >= 15 is 0 Å². The van der Waals surface area contributed by atoms with Crippen LogP contribution in [0.15, 0.2) is 24.3 Å². The number of nitrogen functional groups attached to an aromatic ring is 1. The Kier molecular flexibility index (Phi) is 2.47. The summed E-state index contributed by atoms with van der Waals surface area (Å²) in [6, 6.07) is 8.33. The van der Waals surface area contributed by atoms with Crippen LogP contribution in [0.4, 0.5) is 5.69 Å². The maximum atomic E-state index is 5.29. The van der Waals surface area contributed by atoms with E-state index in [4.69, 9.17) is 5.84 Å². The van der Waals surface area contributed by atoms with Gasteiger partial charge in [-0.25, -0.2) is 0 Å². The molecule has 0 aromatic heterocycles. The third kappa shape index (κ3) is 1.82. The van der Waals surface area contributed by atoms with Crippen molar-refractivity contribution in [1.82, 2.24) is 5.32 Å². The Hall–Kier alpha value is -1.06. The third-order valence-electron chi connectivity index (χ3n) is 2.61. The van der Waals surface area contributed by atoms with Crippen LogP contribution >= 0.6 is 0 Å². The Morgan fingerprint density at radius 2 is 2.08 bits per heavy atom. The first-order chi connectivity index (χ1) is 6.40. The number of rotatable bonds is 2. The smallest absolute Gasteiger partial charge is 0.0485 e. The number of benzene rings is 1. The molecule has 3 nitrogen and oxygen atoms in total. The van der Waals surface area contributed by atoms with Crippen LogP contribution in [-0.2, 0) is 0 Å². The molecule has 0 bridgehead atoms. The van der Waals surface area contributed by atoms with Crippen molar-refractivity contribution < 1.29 is 0 Å². The third-order valence-corrected chi connectivity index (χ3v) is 2.61. The van der Waals surface area contributed by atoms with Crippen molar-refractivity contribution >= 4 is 5.69 Å². The van der Waals surface area contributed by atoms with Crippen LogP contribution in [0.1, 0.15) is 17.9 Å². The fourth-order valence-corrected chi connectivity index (χ4v) is 1.79. The number of hydrazine groups is 1. The first-order valence-corrected chi connectivity index (χ1v) is 4.67. The van der Waals surface area contributed by atoms with Crippen LogP contribution < -0.4 is 16.6 Å². The molecule has 3 heteroatoms. The van der Waals surface area contributed by atoms with Gasteiger partial charge in [0.25, 0.3) is 0 Å². The van der Waals surface area contributed by atoms with Crippen LogP contribution in [0.3, 0.4) is 0 Å². The van der Waals surface area contributed by atoms with Crippen LogP contribution in [0.25, 0.3) is 0 Å². The number of nitrogens with two attached hydrogens (primary N) is 1. The first kappa shape index (κ1) is 8.53. The highest BCUT2D eigenvalue weighted by molar-refractivity contribution is 5.44. The summed E-state index contributed by atoms with van der Waals surface area (Å²) in [5.74, 6) is 5.98. The lowest BCUT2D eigenvalue weighted by atomic mass is 9.98. The molecule has 0 aliphatic carbocycles. The summed E-state index contributed by atoms with van der Waals surface area (Å²) in [4.78, 5) is 0. The molecule has 13 heavy (non-hydrogen) atoms. The Morgan fingerprint density at radius 3 is 2.62 bits per heavy atom. The summed E-state index contributed by atoms with van der Waals surface area (Å²) in [6.45, 7) is 2.25. The zero-order valence-corrected chi connectivity index (χ0v) is 7.59. The van der Waals surface area contributed by atoms with Crippen molar-refractivity contribution in [3.8, 4) is 0 Å². The van der Waals surface area contributed by atoms with E-state index in [1.54, 1.807) is 0 Å². The minimum atomic E-state index is 0.687. The molecule has 1 aromatic carbocycles. The zero-order chi connectivity index (χ0) is 9.10. The summed E-state index contributed by atoms with van der Waals surface area (Å²) in [5.41, 5.74) is 5.00. The van der Waals surface area contributed by atoms with E-state index in [1.807, 2.05) is 12.1 Å². The van der Waals surface area contributed by atoms with Crippen molar-refractivity contribution in [2.24, 2.45) is 5.84 Å². The molecule has 1 aromatic rings. The van der Waals surface area contributed by atoms with Gasteiger partial charge in [0.1, 0.15) is 0 Å². The van der Waals surface area contributed by atoms with Gasteiger partial charge in [0.2, 0.25) is 0 Å². The predicted octanol–water partition coefficient (Wildman–Crippen LogP) is 1.05. The normalized spacial score (nSPS) is 21.8. The lowest BCUT2D eigenvalue weighted by Gasteiger charge is -2.09. The van der Waals surface area contributed by atoms with Crippen molar-refractivity contribution in [3.05, 3.63) is 29.8 Å². The first-order valence-electron chi connectivity index (χ1n) is 4.67. The van der Waals surface area contributed by atoms with Gasteiger partial charge in [-0.05, 0) is 36.6 Å². The largest absolute Gasteiger partial charge is 0.324 e. The molecule has 1 unspecified atom stereocenters. The van der Waals surface area contributed by atoms with Crippen LogP contribution in [0.2, 0.25) is 0 Å². The quantitative estimate of drug-likeness (QED) is 0.467. The molecule has 0 saturated carbocycles. The van der Waals surface area contributed by atoms with Gasteiger partial charge in [0.05, 0.1) is 0 Å². The highest BCUT2D eigenvalue weighted by Gasteiger charge is 2.15. The van der Waals surface area contributed by atoms with Crippen LogP contribution in [0.5, 0.6) is 0 Å². The molecule has 0 spiro atoms. The number of hydrogen-bond donors (Lipinski definition) is 3. The molecular formula is C10H15N3. The van der Waals surface area contributed by atoms with Gasteiger partial charge >= 0.3 is 0 Å². The second-order valence-electron chi connectivity index (χ2n) is 3.46. The lowest BCUT2D eigenvalue weighted by Crippen LogP contribution is -2.09. The molecular weight excluding hydrogens is 162 g/mol. The summed E-state index contributed by atoms with van der Waals surface area (Å²) < 4.78 is 0. The summed E-state index contributed by atoms with van der Waals surface area (Å²) in [5, 5.41) is 3.36. The fraction of sp³-hybridized carbons (Fsp3) is 0.400. The minimum Gasteiger partial charge on any atom is -0.324 e. The van der Waals surface area contributed by atoms with Crippen molar-refractivity contribution in [3.63, 3.8) is 0 Å². The summed E-state index contributed by atoms with van der Waals surface area (Å²) >= 11 is 0. The zero-order valence-electron chi connectivity index (χ0n) is 7.59. The molecule has 1 heterocycles. The van der Waals surface area contributed by atoms with Crippen molar-refractivity contribution in [1.29, 1.82) is 0 Å². The summed E-state index contributed by atoms with van der Waals surface area (Å²) in [6.07, 6.45) is 1.25. The molecule has 1 fully saturated rings. The topological polar surface area (TPSA) is 50.1 Å². The molecule has 0 amide bonds. The molecule has 1 atom stereocenters. The van der Waals surface area contributed by atoms with E-state index in [9.17, 15) is 0 Å². The predicted molar refractivity (Wildman–Crippen MR) is 54.5 cm³/mol. The van der Waals surface area contributed by atoms with Crippen molar-refractivity contribution in [2.75, 3.05) is 18.5 Å². The average molecular weight is 177 g/mol. The maximum absolute atomic E-state index is 5.29. The van der Waals surface area contributed by atoms with E-state index in [0.717, 1.165) is 18.8 Å².